The van der Waals surface area contributed by atoms with Crippen molar-refractivity contribution in [2.45, 2.75) is 18.8 Å². The second kappa shape index (κ2) is 2.05. The van der Waals surface area contributed by atoms with Crippen molar-refractivity contribution >= 4 is 5.91 Å². The number of primary amides is 1. The Morgan fingerprint density at radius 1 is 1.64 bits per heavy atom. The van der Waals surface area contributed by atoms with Gasteiger partial charge in [-0.2, -0.15) is 4.98 Å². The molecule has 0 radical (unpaired) electrons. The minimum Gasteiger partial charge on any atom is -0.363 e. The van der Waals surface area contributed by atoms with Gasteiger partial charge in [-0.25, -0.2) is 0 Å². The maximum absolute atomic E-state index is 10.5. The SMILES string of the molecule is NC(=O)c1noc(C2CC2)n1. The minimum absolute atomic E-state index is 0.0214. The van der Waals surface area contributed by atoms with Gasteiger partial charge in [0.1, 0.15) is 0 Å². The zero-order valence-electron chi connectivity index (χ0n) is 5.78. The van der Waals surface area contributed by atoms with Crippen molar-refractivity contribution in [1.82, 2.24) is 10.1 Å². The molecule has 11 heavy (non-hydrogen) atoms. The molecule has 58 valence electrons. The quantitative estimate of drug-likeness (QED) is 0.650. The first kappa shape index (κ1) is 6.33. The summed E-state index contributed by atoms with van der Waals surface area (Å²) in [6.07, 6.45) is 2.14. The lowest BCUT2D eigenvalue weighted by Crippen LogP contribution is -2.12. The number of amides is 1. The van der Waals surface area contributed by atoms with Gasteiger partial charge < -0.3 is 10.3 Å². The molecule has 0 atom stereocenters. The van der Waals surface area contributed by atoms with Crippen molar-refractivity contribution in [2.24, 2.45) is 5.73 Å². The lowest BCUT2D eigenvalue weighted by molar-refractivity contribution is 0.0987. The highest BCUT2D eigenvalue weighted by Gasteiger charge is 2.30. The van der Waals surface area contributed by atoms with Gasteiger partial charge in [0.15, 0.2) is 0 Å². The van der Waals surface area contributed by atoms with Crippen LogP contribution in [0.2, 0.25) is 0 Å². The highest BCUT2D eigenvalue weighted by Crippen LogP contribution is 2.38. The minimum atomic E-state index is -0.638. The number of carbonyl (C=O) groups excluding carboxylic acids is 1. The first-order chi connectivity index (χ1) is 5.27. The summed E-state index contributed by atoms with van der Waals surface area (Å²) in [4.78, 5) is 14.3. The second-order valence-corrected chi connectivity index (χ2v) is 2.59. The summed E-state index contributed by atoms with van der Waals surface area (Å²) in [6.45, 7) is 0. The first-order valence-electron chi connectivity index (χ1n) is 3.41. The topological polar surface area (TPSA) is 82.0 Å². The Balaban J connectivity index is 2.25. The Labute approximate surface area is 62.6 Å². The van der Waals surface area contributed by atoms with E-state index in [0.717, 1.165) is 12.8 Å². The Bertz CT molecular complexity index is 290. The van der Waals surface area contributed by atoms with Crippen LogP contribution in [0.5, 0.6) is 0 Å². The van der Waals surface area contributed by atoms with Gasteiger partial charge in [0.2, 0.25) is 5.89 Å². The predicted octanol–water partition coefficient (Wildman–Crippen LogP) is 0.0459. The van der Waals surface area contributed by atoms with E-state index in [1.54, 1.807) is 0 Å². The van der Waals surface area contributed by atoms with Gasteiger partial charge in [-0.3, -0.25) is 4.79 Å². The van der Waals surface area contributed by atoms with E-state index in [0.29, 0.717) is 11.8 Å². The van der Waals surface area contributed by atoms with Gasteiger partial charge >= 0.3 is 0 Å². The van der Waals surface area contributed by atoms with Crippen molar-refractivity contribution in [3.63, 3.8) is 0 Å². The van der Waals surface area contributed by atoms with E-state index < -0.39 is 5.91 Å². The average Bonchev–Trinajstić information content (AvgIpc) is 2.68. The first-order valence-corrected chi connectivity index (χ1v) is 3.41. The number of hydrogen-bond donors (Lipinski definition) is 1. The molecule has 1 aromatic heterocycles. The zero-order valence-corrected chi connectivity index (χ0v) is 5.78. The van der Waals surface area contributed by atoms with Gasteiger partial charge in [-0.05, 0) is 12.8 Å². The Hall–Kier alpha value is -1.39. The van der Waals surface area contributed by atoms with E-state index in [4.69, 9.17) is 10.3 Å². The van der Waals surface area contributed by atoms with Crippen molar-refractivity contribution in [3.05, 3.63) is 11.7 Å². The fourth-order valence-corrected chi connectivity index (χ4v) is 0.831. The van der Waals surface area contributed by atoms with Crippen LogP contribution in [0.3, 0.4) is 0 Å². The fraction of sp³-hybridized carbons (Fsp3) is 0.500. The van der Waals surface area contributed by atoms with Crippen molar-refractivity contribution in [2.75, 3.05) is 0 Å². The lowest BCUT2D eigenvalue weighted by atomic mass is 10.4. The van der Waals surface area contributed by atoms with Crippen molar-refractivity contribution in [1.29, 1.82) is 0 Å². The molecule has 0 bridgehead atoms. The van der Waals surface area contributed by atoms with Gasteiger partial charge in [-0.1, -0.05) is 5.16 Å². The van der Waals surface area contributed by atoms with Crippen LogP contribution < -0.4 is 5.73 Å². The van der Waals surface area contributed by atoms with Crippen LogP contribution >= 0.6 is 0 Å². The largest absolute Gasteiger partial charge is 0.363 e. The highest BCUT2D eigenvalue weighted by molar-refractivity contribution is 5.88. The molecule has 5 heteroatoms. The normalized spacial score (nSPS) is 16.7. The van der Waals surface area contributed by atoms with E-state index in [9.17, 15) is 4.79 Å². The summed E-state index contributed by atoms with van der Waals surface area (Å²) in [5.74, 6) is 0.252. The van der Waals surface area contributed by atoms with E-state index in [1.807, 2.05) is 0 Å². The van der Waals surface area contributed by atoms with Gasteiger partial charge in [-0.15, -0.1) is 0 Å². The summed E-state index contributed by atoms with van der Waals surface area (Å²) in [5.41, 5.74) is 4.92. The average molecular weight is 153 g/mol. The molecule has 1 aliphatic rings. The molecule has 0 unspecified atom stereocenters. The fourth-order valence-electron chi connectivity index (χ4n) is 0.831. The molecule has 2 rings (SSSR count). The van der Waals surface area contributed by atoms with Crippen molar-refractivity contribution in [3.8, 4) is 0 Å². The molecule has 2 N–H and O–H groups in total. The number of carbonyl (C=O) groups is 1. The molecule has 1 aliphatic carbocycles. The van der Waals surface area contributed by atoms with Crippen molar-refractivity contribution < 1.29 is 9.32 Å². The standard InChI is InChI=1S/C6H7N3O2/c7-4(10)5-8-6(11-9-5)3-1-2-3/h3H,1-2H2,(H2,7,10). The summed E-state index contributed by atoms with van der Waals surface area (Å²) in [7, 11) is 0. The molecular weight excluding hydrogens is 146 g/mol. The predicted molar refractivity (Wildman–Crippen MR) is 34.8 cm³/mol. The Kier molecular flexibility index (Phi) is 1.18. The van der Waals surface area contributed by atoms with E-state index in [-0.39, 0.29) is 5.82 Å². The van der Waals surface area contributed by atoms with E-state index >= 15 is 0 Å². The molecule has 1 amide bonds. The second-order valence-electron chi connectivity index (χ2n) is 2.59. The summed E-state index contributed by atoms with van der Waals surface area (Å²) < 4.78 is 4.79. The summed E-state index contributed by atoms with van der Waals surface area (Å²) in [5, 5.41) is 3.42. The zero-order chi connectivity index (χ0) is 7.84. The molecule has 0 aliphatic heterocycles. The van der Waals surface area contributed by atoms with Gasteiger partial charge in [0, 0.05) is 5.92 Å². The monoisotopic (exact) mass is 153 g/mol. The van der Waals surface area contributed by atoms with Crippen LogP contribution in [0.1, 0.15) is 35.3 Å². The molecule has 1 fully saturated rings. The summed E-state index contributed by atoms with van der Waals surface area (Å²) in [6, 6.07) is 0. The van der Waals surface area contributed by atoms with Crippen LogP contribution in [-0.4, -0.2) is 16.0 Å². The molecule has 1 saturated carbocycles. The van der Waals surface area contributed by atoms with Crippen LogP contribution in [0.15, 0.2) is 4.52 Å². The third kappa shape index (κ3) is 1.09. The third-order valence-electron chi connectivity index (χ3n) is 1.59. The summed E-state index contributed by atoms with van der Waals surface area (Å²) >= 11 is 0. The van der Waals surface area contributed by atoms with Gasteiger partial charge in [0.05, 0.1) is 0 Å². The molecule has 1 heterocycles. The van der Waals surface area contributed by atoms with Crippen LogP contribution in [0.4, 0.5) is 0 Å². The number of aromatic nitrogens is 2. The number of nitrogens with two attached hydrogens (primary N) is 1. The van der Waals surface area contributed by atoms with Gasteiger partial charge in [0.25, 0.3) is 11.7 Å². The number of hydrogen-bond acceptors (Lipinski definition) is 4. The highest BCUT2D eigenvalue weighted by atomic mass is 16.5. The maximum atomic E-state index is 10.5. The number of rotatable bonds is 2. The Morgan fingerprint density at radius 3 is 2.82 bits per heavy atom. The van der Waals surface area contributed by atoms with Crippen LogP contribution in [0, 0.1) is 0 Å². The van der Waals surface area contributed by atoms with Crippen LogP contribution in [-0.2, 0) is 0 Å². The van der Waals surface area contributed by atoms with E-state index in [1.165, 1.54) is 0 Å². The third-order valence-corrected chi connectivity index (χ3v) is 1.59. The molecule has 0 saturated heterocycles. The Morgan fingerprint density at radius 2 is 2.36 bits per heavy atom. The van der Waals surface area contributed by atoms with Crippen LogP contribution in [0.25, 0.3) is 0 Å². The lowest BCUT2D eigenvalue weighted by Gasteiger charge is -1.79. The molecule has 5 nitrogen and oxygen atoms in total. The molecule has 0 aromatic carbocycles. The maximum Gasteiger partial charge on any atom is 0.290 e. The molecule has 0 spiro atoms. The smallest absolute Gasteiger partial charge is 0.290 e. The number of nitrogens with zero attached hydrogens (tertiary/aromatic N) is 2. The molecular formula is C6H7N3O2. The molecule has 1 aromatic rings. The van der Waals surface area contributed by atoms with E-state index in [2.05, 4.69) is 10.1 Å².